The van der Waals surface area contributed by atoms with Crippen LogP contribution in [0, 0.1) is 0 Å². The molecule has 1 aromatic rings. The second-order valence-electron chi connectivity index (χ2n) is 4.70. The van der Waals surface area contributed by atoms with Crippen molar-refractivity contribution in [1.82, 2.24) is 0 Å². The Labute approximate surface area is 109 Å². The number of hydrogen-bond acceptors (Lipinski definition) is 2. The van der Waals surface area contributed by atoms with E-state index in [0.29, 0.717) is 6.42 Å². The second kappa shape index (κ2) is 6.43. The van der Waals surface area contributed by atoms with Crippen molar-refractivity contribution in [3.05, 3.63) is 24.3 Å². The van der Waals surface area contributed by atoms with E-state index < -0.39 is 0 Å². The Morgan fingerprint density at radius 1 is 1.22 bits per heavy atom. The number of ether oxygens (including phenoxy) is 1. The van der Waals surface area contributed by atoms with Crippen LogP contribution in [0.25, 0.3) is 0 Å². The van der Waals surface area contributed by atoms with E-state index in [9.17, 15) is 4.79 Å². The highest BCUT2D eigenvalue weighted by Crippen LogP contribution is 2.23. The Kier molecular flexibility index (Phi) is 4.62. The van der Waals surface area contributed by atoms with Gasteiger partial charge in [-0.3, -0.25) is 4.79 Å². The van der Waals surface area contributed by atoms with Crippen LogP contribution in [0.2, 0.25) is 0 Å². The molecule has 0 atom stereocenters. The number of benzene rings is 1. The average molecular weight is 247 g/mol. The molecule has 1 saturated heterocycles. The number of rotatable bonds is 6. The molecule has 1 heterocycles. The Morgan fingerprint density at radius 3 is 2.61 bits per heavy atom. The summed E-state index contributed by atoms with van der Waals surface area (Å²) in [5, 5.41) is 0. The number of carbonyl (C=O) groups is 1. The minimum absolute atomic E-state index is 0.228. The third kappa shape index (κ3) is 3.25. The predicted octanol–water partition coefficient (Wildman–Crippen LogP) is 3.38. The van der Waals surface area contributed by atoms with E-state index in [2.05, 4.69) is 6.92 Å². The maximum Gasteiger partial charge on any atom is 0.227 e. The summed E-state index contributed by atoms with van der Waals surface area (Å²) in [4.78, 5) is 13.4. The highest BCUT2D eigenvalue weighted by atomic mass is 16.5. The molecule has 0 aromatic heterocycles. The molecular weight excluding hydrogens is 226 g/mol. The van der Waals surface area contributed by atoms with Crippen LogP contribution in [0.1, 0.15) is 39.0 Å². The molecule has 3 nitrogen and oxygen atoms in total. The summed E-state index contributed by atoms with van der Waals surface area (Å²) in [6.07, 6.45) is 5.16. The van der Waals surface area contributed by atoms with Crippen LogP contribution in [0.3, 0.4) is 0 Å². The second-order valence-corrected chi connectivity index (χ2v) is 4.70. The lowest BCUT2D eigenvalue weighted by atomic mass is 10.2. The van der Waals surface area contributed by atoms with Crippen LogP contribution in [0.15, 0.2) is 24.3 Å². The number of amides is 1. The van der Waals surface area contributed by atoms with E-state index in [-0.39, 0.29) is 5.91 Å². The molecule has 2 rings (SSSR count). The molecule has 0 spiro atoms. The van der Waals surface area contributed by atoms with E-state index >= 15 is 0 Å². The van der Waals surface area contributed by atoms with Gasteiger partial charge in [0.25, 0.3) is 0 Å². The molecule has 18 heavy (non-hydrogen) atoms. The molecule has 1 aliphatic heterocycles. The molecule has 0 saturated carbocycles. The normalized spacial score (nSPS) is 15.2. The van der Waals surface area contributed by atoms with Crippen LogP contribution in [0.5, 0.6) is 5.75 Å². The van der Waals surface area contributed by atoms with Gasteiger partial charge in [0.1, 0.15) is 5.75 Å². The smallest absolute Gasteiger partial charge is 0.227 e. The van der Waals surface area contributed by atoms with Gasteiger partial charge in [-0.05, 0) is 37.1 Å². The number of nitrogens with zero attached hydrogens (tertiary/aromatic N) is 1. The zero-order valence-corrected chi connectivity index (χ0v) is 11.0. The van der Waals surface area contributed by atoms with Crippen molar-refractivity contribution >= 4 is 11.6 Å². The van der Waals surface area contributed by atoms with Crippen molar-refractivity contribution in [3.8, 4) is 5.75 Å². The largest absolute Gasteiger partial charge is 0.494 e. The Bertz CT molecular complexity index is 386. The molecule has 1 fully saturated rings. The lowest BCUT2D eigenvalue weighted by Crippen LogP contribution is -2.23. The Hall–Kier alpha value is -1.51. The van der Waals surface area contributed by atoms with Crippen molar-refractivity contribution in [2.24, 2.45) is 0 Å². The zero-order valence-electron chi connectivity index (χ0n) is 11.0. The Morgan fingerprint density at radius 2 is 2.00 bits per heavy atom. The lowest BCUT2D eigenvalue weighted by Gasteiger charge is -2.16. The van der Waals surface area contributed by atoms with Crippen LogP contribution in [-0.2, 0) is 4.79 Å². The number of hydrogen-bond donors (Lipinski definition) is 0. The zero-order chi connectivity index (χ0) is 12.8. The summed E-state index contributed by atoms with van der Waals surface area (Å²) in [5.74, 6) is 1.12. The number of anilines is 1. The molecule has 0 radical (unpaired) electrons. The summed E-state index contributed by atoms with van der Waals surface area (Å²) in [6, 6.07) is 7.84. The van der Waals surface area contributed by atoms with Crippen molar-refractivity contribution in [2.75, 3.05) is 18.1 Å². The van der Waals surface area contributed by atoms with Gasteiger partial charge < -0.3 is 9.64 Å². The predicted molar refractivity (Wildman–Crippen MR) is 73.0 cm³/mol. The lowest BCUT2D eigenvalue weighted by molar-refractivity contribution is -0.117. The van der Waals surface area contributed by atoms with E-state index in [1.807, 2.05) is 29.2 Å². The highest BCUT2D eigenvalue weighted by Gasteiger charge is 2.21. The molecule has 1 aliphatic rings. The summed E-state index contributed by atoms with van der Waals surface area (Å²) in [7, 11) is 0. The number of unbranched alkanes of at least 4 members (excludes halogenated alkanes) is 2. The number of carbonyl (C=O) groups excluding carboxylic acids is 1. The third-order valence-corrected chi connectivity index (χ3v) is 3.24. The van der Waals surface area contributed by atoms with Crippen molar-refractivity contribution in [2.45, 2.75) is 39.0 Å². The minimum atomic E-state index is 0.228. The van der Waals surface area contributed by atoms with Crippen LogP contribution in [-0.4, -0.2) is 19.1 Å². The van der Waals surface area contributed by atoms with E-state index in [1.54, 1.807) is 0 Å². The van der Waals surface area contributed by atoms with Crippen LogP contribution >= 0.6 is 0 Å². The topological polar surface area (TPSA) is 29.5 Å². The van der Waals surface area contributed by atoms with Gasteiger partial charge in [0.2, 0.25) is 5.91 Å². The van der Waals surface area contributed by atoms with E-state index in [0.717, 1.165) is 37.4 Å². The summed E-state index contributed by atoms with van der Waals surface area (Å²) < 4.78 is 5.65. The molecule has 1 amide bonds. The van der Waals surface area contributed by atoms with E-state index in [1.165, 1.54) is 12.8 Å². The van der Waals surface area contributed by atoms with Crippen molar-refractivity contribution < 1.29 is 9.53 Å². The monoisotopic (exact) mass is 247 g/mol. The quantitative estimate of drug-likeness (QED) is 0.721. The standard InChI is InChI=1S/C15H21NO2/c1-2-3-4-12-18-14-9-7-13(8-10-14)16-11-5-6-15(16)17/h7-10H,2-6,11-12H2,1H3. The third-order valence-electron chi connectivity index (χ3n) is 3.24. The highest BCUT2D eigenvalue weighted by molar-refractivity contribution is 5.95. The average Bonchev–Trinajstić information content (AvgIpc) is 2.82. The minimum Gasteiger partial charge on any atom is -0.494 e. The molecule has 0 N–H and O–H groups in total. The summed E-state index contributed by atoms with van der Waals surface area (Å²) >= 11 is 0. The molecule has 0 bridgehead atoms. The van der Waals surface area contributed by atoms with Gasteiger partial charge in [0.05, 0.1) is 6.61 Å². The van der Waals surface area contributed by atoms with Gasteiger partial charge in [0.15, 0.2) is 0 Å². The van der Waals surface area contributed by atoms with Crippen molar-refractivity contribution in [3.63, 3.8) is 0 Å². The van der Waals surface area contributed by atoms with Gasteiger partial charge in [-0.1, -0.05) is 19.8 Å². The first kappa shape index (κ1) is 12.9. The van der Waals surface area contributed by atoms with Crippen molar-refractivity contribution in [1.29, 1.82) is 0 Å². The molecule has 1 aromatic carbocycles. The molecule has 0 aliphatic carbocycles. The first-order valence-electron chi connectivity index (χ1n) is 6.84. The van der Waals surface area contributed by atoms with Crippen LogP contribution in [0.4, 0.5) is 5.69 Å². The van der Waals surface area contributed by atoms with Gasteiger partial charge in [-0.25, -0.2) is 0 Å². The molecule has 98 valence electrons. The summed E-state index contributed by atoms with van der Waals surface area (Å²) in [5.41, 5.74) is 0.985. The SMILES string of the molecule is CCCCCOc1ccc(N2CCCC2=O)cc1. The fraction of sp³-hybridized carbons (Fsp3) is 0.533. The molecule has 0 unspecified atom stereocenters. The first-order chi connectivity index (χ1) is 8.81. The molecule has 3 heteroatoms. The summed E-state index contributed by atoms with van der Waals surface area (Å²) in [6.45, 7) is 3.80. The van der Waals surface area contributed by atoms with Gasteiger partial charge in [0, 0.05) is 18.7 Å². The maximum absolute atomic E-state index is 11.6. The fourth-order valence-electron chi connectivity index (χ4n) is 2.19. The van der Waals surface area contributed by atoms with Gasteiger partial charge >= 0.3 is 0 Å². The van der Waals surface area contributed by atoms with Gasteiger partial charge in [-0.15, -0.1) is 0 Å². The van der Waals surface area contributed by atoms with Crippen LogP contribution < -0.4 is 9.64 Å². The van der Waals surface area contributed by atoms with E-state index in [4.69, 9.17) is 4.74 Å². The molecular formula is C15H21NO2. The first-order valence-corrected chi connectivity index (χ1v) is 6.84. The maximum atomic E-state index is 11.6. The fourth-order valence-corrected chi connectivity index (χ4v) is 2.19. The Balaban J connectivity index is 1.87. The van der Waals surface area contributed by atoms with Gasteiger partial charge in [-0.2, -0.15) is 0 Å².